The van der Waals surface area contributed by atoms with E-state index in [1.54, 1.807) is 34.4 Å². The fourth-order valence-corrected chi connectivity index (χ4v) is 4.11. The van der Waals surface area contributed by atoms with Crippen molar-refractivity contribution in [3.8, 4) is 10.6 Å². The van der Waals surface area contributed by atoms with Gasteiger partial charge in [0.2, 0.25) is 0 Å². The van der Waals surface area contributed by atoms with E-state index in [0.29, 0.717) is 5.25 Å². The number of hydrogen-bond donors (Lipinski definition) is 1. The monoisotopic (exact) mass is 256 g/mol. The number of nitrogen functional groups attached to an aromatic ring is 1. The van der Waals surface area contributed by atoms with Gasteiger partial charge in [-0.2, -0.15) is 0 Å². The lowest BCUT2D eigenvalue weighted by Gasteiger charge is -1.97. The molecule has 0 amide bonds. The number of thiazole rings is 1. The summed E-state index contributed by atoms with van der Waals surface area (Å²) in [7, 11) is 0. The predicted molar refractivity (Wildman–Crippen MR) is 70.8 cm³/mol. The van der Waals surface area contributed by atoms with Gasteiger partial charge in [0.15, 0.2) is 4.34 Å². The lowest BCUT2D eigenvalue weighted by molar-refractivity contribution is 1.10. The molecule has 0 aliphatic heterocycles. The SMILES string of the molecule is CC(C)Sc1nc(-c2cccs2)c(N)s1. The average Bonchev–Trinajstić information content (AvgIpc) is 2.72. The van der Waals surface area contributed by atoms with E-state index in [4.69, 9.17) is 5.73 Å². The highest BCUT2D eigenvalue weighted by Crippen LogP contribution is 2.38. The number of thiophene rings is 1. The van der Waals surface area contributed by atoms with Crippen molar-refractivity contribution >= 4 is 39.4 Å². The molecule has 5 heteroatoms. The third-order valence-electron chi connectivity index (χ3n) is 1.72. The Labute approximate surface area is 102 Å². The number of hydrogen-bond acceptors (Lipinski definition) is 5. The Morgan fingerprint density at radius 3 is 2.87 bits per heavy atom. The van der Waals surface area contributed by atoms with Crippen LogP contribution in [0.25, 0.3) is 10.6 Å². The minimum Gasteiger partial charge on any atom is -0.389 e. The van der Waals surface area contributed by atoms with Gasteiger partial charge in [0.05, 0.1) is 4.88 Å². The van der Waals surface area contributed by atoms with Gasteiger partial charge in [0, 0.05) is 5.25 Å². The molecule has 2 heterocycles. The van der Waals surface area contributed by atoms with Crippen molar-refractivity contribution in [3.63, 3.8) is 0 Å². The summed E-state index contributed by atoms with van der Waals surface area (Å²) < 4.78 is 1.06. The molecule has 0 radical (unpaired) electrons. The molecular formula is C10H12N2S3. The number of nitrogens with zero attached hydrogens (tertiary/aromatic N) is 1. The summed E-state index contributed by atoms with van der Waals surface area (Å²) in [6, 6.07) is 4.08. The van der Waals surface area contributed by atoms with Crippen molar-refractivity contribution in [2.45, 2.75) is 23.4 Å². The summed E-state index contributed by atoms with van der Waals surface area (Å²) in [5.41, 5.74) is 6.90. The van der Waals surface area contributed by atoms with Gasteiger partial charge in [-0.05, 0) is 11.4 Å². The first-order valence-corrected chi connectivity index (χ1v) is 7.21. The molecule has 0 saturated carbocycles. The molecule has 0 atom stereocenters. The number of rotatable bonds is 3. The minimum absolute atomic E-state index is 0.548. The molecule has 2 aromatic heterocycles. The Morgan fingerprint density at radius 1 is 1.47 bits per heavy atom. The van der Waals surface area contributed by atoms with Crippen LogP contribution in [0.2, 0.25) is 0 Å². The molecule has 2 N–H and O–H groups in total. The fourth-order valence-electron chi connectivity index (χ4n) is 1.15. The van der Waals surface area contributed by atoms with E-state index >= 15 is 0 Å². The predicted octanol–water partition coefficient (Wildman–Crippen LogP) is 3.95. The molecule has 0 unspecified atom stereocenters. The van der Waals surface area contributed by atoms with Crippen LogP contribution >= 0.6 is 34.4 Å². The second kappa shape index (κ2) is 4.55. The summed E-state index contributed by atoms with van der Waals surface area (Å²) in [4.78, 5) is 5.71. The van der Waals surface area contributed by atoms with Crippen molar-refractivity contribution in [1.29, 1.82) is 0 Å². The van der Waals surface area contributed by atoms with Crippen molar-refractivity contribution in [3.05, 3.63) is 17.5 Å². The Bertz CT molecular complexity index is 431. The lowest BCUT2D eigenvalue weighted by Crippen LogP contribution is -1.85. The van der Waals surface area contributed by atoms with E-state index in [0.717, 1.165) is 19.9 Å². The number of thioether (sulfide) groups is 1. The smallest absolute Gasteiger partial charge is 0.152 e. The second-order valence-corrected chi connectivity index (χ2v) is 7.14. The second-order valence-electron chi connectivity index (χ2n) is 3.34. The van der Waals surface area contributed by atoms with Gasteiger partial charge in [-0.3, -0.25) is 0 Å². The van der Waals surface area contributed by atoms with E-state index in [1.807, 2.05) is 11.4 Å². The van der Waals surface area contributed by atoms with Crippen LogP contribution in [-0.2, 0) is 0 Å². The summed E-state index contributed by atoms with van der Waals surface area (Å²) >= 11 is 5.02. The molecule has 0 saturated heterocycles. The average molecular weight is 256 g/mol. The highest BCUT2D eigenvalue weighted by Gasteiger charge is 2.12. The number of nitrogens with two attached hydrogens (primary N) is 1. The first kappa shape index (κ1) is 11.0. The van der Waals surface area contributed by atoms with Gasteiger partial charge in [0.1, 0.15) is 10.7 Å². The Hall–Kier alpha value is -0.520. The molecule has 0 aliphatic carbocycles. The van der Waals surface area contributed by atoms with E-state index in [1.165, 1.54) is 0 Å². The summed E-state index contributed by atoms with van der Waals surface area (Å²) in [5, 5.41) is 3.41. The van der Waals surface area contributed by atoms with Crippen molar-refractivity contribution in [1.82, 2.24) is 4.98 Å². The van der Waals surface area contributed by atoms with Crippen molar-refractivity contribution < 1.29 is 0 Å². The Kier molecular flexibility index (Phi) is 3.33. The molecule has 0 spiro atoms. The zero-order valence-electron chi connectivity index (χ0n) is 8.56. The Balaban J connectivity index is 2.30. The molecule has 80 valence electrons. The topological polar surface area (TPSA) is 38.9 Å². The highest BCUT2D eigenvalue weighted by atomic mass is 32.2. The van der Waals surface area contributed by atoms with Crippen LogP contribution in [0.4, 0.5) is 5.00 Å². The van der Waals surface area contributed by atoms with Crippen LogP contribution in [0.1, 0.15) is 13.8 Å². The number of aromatic nitrogens is 1. The van der Waals surface area contributed by atoms with E-state index in [2.05, 4.69) is 24.9 Å². The summed E-state index contributed by atoms with van der Waals surface area (Å²) in [5.74, 6) is 0. The number of anilines is 1. The molecule has 0 fully saturated rings. The molecule has 0 bridgehead atoms. The molecule has 0 aromatic carbocycles. The first-order chi connectivity index (χ1) is 7.16. The van der Waals surface area contributed by atoms with Crippen LogP contribution in [-0.4, -0.2) is 10.2 Å². The molecule has 2 aromatic rings. The molecular weight excluding hydrogens is 244 g/mol. The van der Waals surface area contributed by atoms with Crippen LogP contribution in [0.5, 0.6) is 0 Å². The van der Waals surface area contributed by atoms with Crippen molar-refractivity contribution in [2.24, 2.45) is 0 Å². The summed E-state index contributed by atoms with van der Waals surface area (Å²) in [6.45, 7) is 4.32. The van der Waals surface area contributed by atoms with Crippen LogP contribution < -0.4 is 5.73 Å². The molecule has 0 aliphatic rings. The molecule has 2 rings (SSSR count). The lowest BCUT2D eigenvalue weighted by atomic mass is 10.4. The molecule has 2 nitrogen and oxygen atoms in total. The zero-order chi connectivity index (χ0) is 10.8. The third-order valence-corrected chi connectivity index (χ3v) is 4.58. The van der Waals surface area contributed by atoms with E-state index < -0.39 is 0 Å². The third kappa shape index (κ3) is 2.53. The molecule has 15 heavy (non-hydrogen) atoms. The van der Waals surface area contributed by atoms with Gasteiger partial charge in [-0.15, -0.1) is 11.3 Å². The van der Waals surface area contributed by atoms with Gasteiger partial charge in [0.25, 0.3) is 0 Å². The van der Waals surface area contributed by atoms with Gasteiger partial charge in [-0.1, -0.05) is 43.0 Å². The Morgan fingerprint density at radius 2 is 2.27 bits per heavy atom. The summed E-state index contributed by atoms with van der Waals surface area (Å²) in [6.07, 6.45) is 0. The largest absolute Gasteiger partial charge is 0.389 e. The highest BCUT2D eigenvalue weighted by molar-refractivity contribution is 8.01. The van der Waals surface area contributed by atoms with E-state index in [9.17, 15) is 0 Å². The van der Waals surface area contributed by atoms with Gasteiger partial charge >= 0.3 is 0 Å². The first-order valence-electron chi connectivity index (χ1n) is 4.63. The quantitative estimate of drug-likeness (QED) is 0.845. The maximum atomic E-state index is 5.96. The zero-order valence-corrected chi connectivity index (χ0v) is 11.0. The van der Waals surface area contributed by atoms with Crippen LogP contribution in [0.3, 0.4) is 0 Å². The standard InChI is InChI=1S/C10H12N2S3/c1-6(2)14-10-12-8(9(11)15-10)7-4-3-5-13-7/h3-6H,11H2,1-2H3. The maximum absolute atomic E-state index is 5.96. The van der Waals surface area contributed by atoms with Crippen molar-refractivity contribution in [2.75, 3.05) is 5.73 Å². The minimum atomic E-state index is 0.548. The normalized spacial score (nSPS) is 11.1. The van der Waals surface area contributed by atoms with Gasteiger partial charge in [-0.25, -0.2) is 4.98 Å². The van der Waals surface area contributed by atoms with Crippen LogP contribution in [0, 0.1) is 0 Å². The maximum Gasteiger partial charge on any atom is 0.152 e. The van der Waals surface area contributed by atoms with Crippen LogP contribution in [0.15, 0.2) is 21.9 Å². The van der Waals surface area contributed by atoms with E-state index in [-0.39, 0.29) is 0 Å². The fraction of sp³-hybridized carbons (Fsp3) is 0.300. The van der Waals surface area contributed by atoms with Gasteiger partial charge < -0.3 is 5.73 Å².